The number of carbonyl (C=O) groups is 1. The van der Waals surface area contributed by atoms with Crippen molar-refractivity contribution in [1.29, 1.82) is 0 Å². The molecule has 0 fully saturated rings. The number of esters is 1. The van der Waals surface area contributed by atoms with Crippen LogP contribution in [0.3, 0.4) is 0 Å². The highest BCUT2D eigenvalue weighted by molar-refractivity contribution is 9.10. The minimum atomic E-state index is -0.846. The molecule has 0 saturated heterocycles. The summed E-state index contributed by atoms with van der Waals surface area (Å²) in [5.74, 6) is -1.62. The molecule has 0 spiro atoms. The average molecular weight is 342 g/mol. The summed E-state index contributed by atoms with van der Waals surface area (Å²) in [5.41, 5.74) is 10.5. The molecule has 4 N–H and O–H groups in total. The Kier molecular flexibility index (Phi) is 4.08. The third kappa shape index (κ3) is 3.38. The van der Waals surface area contributed by atoms with E-state index in [0.29, 0.717) is 4.47 Å². The maximum absolute atomic E-state index is 13.5. The van der Waals surface area contributed by atoms with Crippen LogP contribution in [0.4, 0.5) is 16.3 Å². The van der Waals surface area contributed by atoms with E-state index >= 15 is 0 Å². The second-order valence-corrected chi connectivity index (χ2v) is 4.58. The third-order valence-corrected chi connectivity index (χ3v) is 2.69. The van der Waals surface area contributed by atoms with Crippen molar-refractivity contribution in [2.75, 3.05) is 11.5 Å². The van der Waals surface area contributed by atoms with Gasteiger partial charge >= 0.3 is 5.97 Å². The molecule has 0 radical (unpaired) electrons. The molecule has 0 aliphatic rings. The van der Waals surface area contributed by atoms with Crippen molar-refractivity contribution in [3.05, 3.63) is 39.9 Å². The summed E-state index contributed by atoms with van der Waals surface area (Å²) in [5, 5.41) is 0. The molecule has 0 unspecified atom stereocenters. The van der Waals surface area contributed by atoms with Gasteiger partial charge in [-0.1, -0.05) is 15.9 Å². The maximum Gasteiger partial charge on any atom is 0.341 e. The minimum Gasteiger partial charge on any atom is -0.454 e. The normalized spacial score (nSPS) is 10.3. The number of nitrogen functional groups attached to an aromatic ring is 2. The highest BCUT2D eigenvalue weighted by Crippen LogP contribution is 2.16. The summed E-state index contributed by atoms with van der Waals surface area (Å²) in [6.45, 7) is -0.290. The van der Waals surface area contributed by atoms with Crippen LogP contribution in [0.15, 0.2) is 22.7 Å². The summed E-state index contributed by atoms with van der Waals surface area (Å²) in [4.78, 5) is 22.8. The Morgan fingerprint density at radius 2 is 1.90 bits per heavy atom. The molecule has 9 heteroatoms. The molecule has 1 aromatic carbocycles. The molecule has 2 rings (SSSR count). The Labute approximate surface area is 121 Å². The van der Waals surface area contributed by atoms with Crippen LogP contribution in [-0.2, 0) is 11.3 Å². The predicted octanol–water partition coefficient (Wildman–Crippen LogP) is 1.29. The monoisotopic (exact) mass is 341 g/mol. The third-order valence-electron chi connectivity index (χ3n) is 2.20. The second-order valence-electron chi connectivity index (χ2n) is 3.67. The molecule has 7 nitrogen and oxygen atoms in total. The first-order valence-electron chi connectivity index (χ1n) is 5.34. The Bertz CT molecular complexity index is 647. The smallest absolute Gasteiger partial charge is 0.341 e. The van der Waals surface area contributed by atoms with E-state index in [0.717, 1.165) is 6.07 Å². The van der Waals surface area contributed by atoms with Gasteiger partial charge in [0.05, 0.1) is 5.56 Å². The van der Waals surface area contributed by atoms with Crippen LogP contribution in [0.25, 0.3) is 0 Å². The zero-order valence-electron chi connectivity index (χ0n) is 10.0. The van der Waals surface area contributed by atoms with Crippen LogP contribution in [0.5, 0.6) is 0 Å². The maximum atomic E-state index is 13.5. The zero-order valence-corrected chi connectivity index (χ0v) is 11.6. The first-order chi connectivity index (χ1) is 9.45. The molecule has 0 atom stereocenters. The van der Waals surface area contributed by atoms with E-state index in [1.54, 1.807) is 0 Å². The molecular formula is C11H9BrFN5O2. The van der Waals surface area contributed by atoms with Gasteiger partial charge in [-0.2, -0.15) is 15.0 Å². The summed E-state index contributed by atoms with van der Waals surface area (Å²) in [6, 6.07) is 3.94. The molecule has 0 aliphatic heterocycles. The molecule has 2 aromatic rings. The summed E-state index contributed by atoms with van der Waals surface area (Å²) in [7, 11) is 0. The number of anilines is 2. The van der Waals surface area contributed by atoms with Gasteiger partial charge in [-0.15, -0.1) is 0 Å². The fourth-order valence-corrected chi connectivity index (χ4v) is 1.74. The molecule has 20 heavy (non-hydrogen) atoms. The van der Waals surface area contributed by atoms with Gasteiger partial charge in [-0.25, -0.2) is 9.18 Å². The fraction of sp³-hybridized carbons (Fsp3) is 0.0909. The molecular weight excluding hydrogens is 333 g/mol. The van der Waals surface area contributed by atoms with E-state index in [9.17, 15) is 9.18 Å². The van der Waals surface area contributed by atoms with Crippen LogP contribution in [0, 0.1) is 5.82 Å². The summed E-state index contributed by atoms with van der Waals surface area (Å²) < 4.78 is 18.9. The van der Waals surface area contributed by atoms with Crippen molar-refractivity contribution in [2.24, 2.45) is 0 Å². The van der Waals surface area contributed by atoms with E-state index in [1.165, 1.54) is 12.1 Å². The van der Waals surface area contributed by atoms with Gasteiger partial charge in [0.15, 0.2) is 12.4 Å². The molecule has 1 aromatic heterocycles. The lowest BCUT2D eigenvalue weighted by Gasteiger charge is -2.06. The molecule has 0 saturated carbocycles. The highest BCUT2D eigenvalue weighted by atomic mass is 79.9. The van der Waals surface area contributed by atoms with Gasteiger partial charge in [0, 0.05) is 4.47 Å². The van der Waals surface area contributed by atoms with Crippen LogP contribution in [-0.4, -0.2) is 20.9 Å². The van der Waals surface area contributed by atoms with E-state index in [-0.39, 0.29) is 29.9 Å². The lowest BCUT2D eigenvalue weighted by atomic mass is 10.2. The zero-order chi connectivity index (χ0) is 14.7. The van der Waals surface area contributed by atoms with Crippen molar-refractivity contribution in [1.82, 2.24) is 15.0 Å². The Morgan fingerprint density at radius 1 is 1.25 bits per heavy atom. The number of benzene rings is 1. The first-order valence-corrected chi connectivity index (χ1v) is 6.13. The number of hydrogen-bond acceptors (Lipinski definition) is 7. The molecule has 1 heterocycles. The fourth-order valence-electron chi connectivity index (χ4n) is 1.38. The number of ether oxygens (including phenoxy) is 1. The van der Waals surface area contributed by atoms with Crippen LogP contribution in [0.2, 0.25) is 0 Å². The van der Waals surface area contributed by atoms with Gasteiger partial charge in [0.25, 0.3) is 0 Å². The number of halogens is 2. The number of aromatic nitrogens is 3. The number of nitrogens with two attached hydrogens (primary N) is 2. The van der Waals surface area contributed by atoms with Gasteiger partial charge in [0.2, 0.25) is 11.9 Å². The van der Waals surface area contributed by atoms with Gasteiger partial charge in [-0.3, -0.25) is 0 Å². The van der Waals surface area contributed by atoms with Crippen molar-refractivity contribution in [2.45, 2.75) is 6.61 Å². The van der Waals surface area contributed by atoms with E-state index in [4.69, 9.17) is 16.2 Å². The second kappa shape index (κ2) is 5.78. The first kappa shape index (κ1) is 14.1. The highest BCUT2D eigenvalue weighted by Gasteiger charge is 2.14. The topological polar surface area (TPSA) is 117 Å². The standard InChI is InChI=1S/C11H9BrFN5O2/c12-5-1-2-7(13)6(3-5)9(19)20-4-8-16-10(14)18-11(15)17-8/h1-3H,4H2,(H4,14,15,16,17,18). The van der Waals surface area contributed by atoms with Crippen LogP contribution >= 0.6 is 15.9 Å². The Balaban J connectivity index is 2.10. The molecule has 0 bridgehead atoms. The number of rotatable bonds is 3. The lowest BCUT2D eigenvalue weighted by Crippen LogP contribution is -2.12. The largest absolute Gasteiger partial charge is 0.454 e. The summed E-state index contributed by atoms with van der Waals surface area (Å²) in [6.07, 6.45) is 0. The van der Waals surface area contributed by atoms with Crippen molar-refractivity contribution in [3.8, 4) is 0 Å². The van der Waals surface area contributed by atoms with Crippen LogP contribution in [0.1, 0.15) is 16.2 Å². The molecule has 0 aliphatic carbocycles. The number of nitrogens with zero attached hydrogens (tertiary/aromatic N) is 3. The van der Waals surface area contributed by atoms with Gasteiger partial charge in [-0.05, 0) is 18.2 Å². The van der Waals surface area contributed by atoms with E-state index in [1.807, 2.05) is 0 Å². The van der Waals surface area contributed by atoms with Crippen molar-refractivity contribution >= 4 is 33.8 Å². The Hall–Kier alpha value is -2.29. The minimum absolute atomic E-state index is 0.0822. The van der Waals surface area contributed by atoms with Crippen molar-refractivity contribution < 1.29 is 13.9 Å². The SMILES string of the molecule is Nc1nc(N)nc(COC(=O)c2cc(Br)ccc2F)n1. The quantitative estimate of drug-likeness (QED) is 0.807. The van der Waals surface area contributed by atoms with Crippen molar-refractivity contribution in [3.63, 3.8) is 0 Å². The van der Waals surface area contributed by atoms with E-state index < -0.39 is 11.8 Å². The Morgan fingerprint density at radius 3 is 2.55 bits per heavy atom. The number of hydrogen-bond donors (Lipinski definition) is 2. The van der Waals surface area contributed by atoms with E-state index in [2.05, 4.69) is 30.9 Å². The lowest BCUT2D eigenvalue weighted by molar-refractivity contribution is 0.0456. The summed E-state index contributed by atoms with van der Waals surface area (Å²) >= 11 is 3.14. The number of carbonyl (C=O) groups excluding carboxylic acids is 1. The predicted molar refractivity (Wildman–Crippen MR) is 71.9 cm³/mol. The van der Waals surface area contributed by atoms with Gasteiger partial charge in [0.1, 0.15) is 5.82 Å². The van der Waals surface area contributed by atoms with Crippen LogP contribution < -0.4 is 11.5 Å². The average Bonchev–Trinajstić information content (AvgIpc) is 2.38. The van der Waals surface area contributed by atoms with Gasteiger partial charge < -0.3 is 16.2 Å². The molecule has 0 amide bonds. The molecule has 104 valence electrons.